The van der Waals surface area contributed by atoms with Crippen molar-refractivity contribution in [2.75, 3.05) is 12.4 Å². The van der Waals surface area contributed by atoms with E-state index in [1.165, 1.54) is 32.6 Å². The topological polar surface area (TPSA) is 129 Å². The molecule has 0 aliphatic heterocycles. The summed E-state index contributed by atoms with van der Waals surface area (Å²) in [6, 6.07) is 6.77. The van der Waals surface area contributed by atoms with Crippen LogP contribution in [0.1, 0.15) is 39.0 Å². The minimum atomic E-state index is -0.438. The number of carbonyl (C=O) groups excluding carboxylic acids is 2. The Bertz CT molecular complexity index is 1390. The molecule has 1 amide bonds. The number of ether oxygens (including phenoxy) is 2. The molecule has 10 nitrogen and oxygen atoms in total. The van der Waals surface area contributed by atoms with E-state index >= 15 is 0 Å². The zero-order chi connectivity index (χ0) is 24.9. The van der Waals surface area contributed by atoms with E-state index in [9.17, 15) is 9.59 Å². The van der Waals surface area contributed by atoms with Gasteiger partial charge in [0, 0.05) is 34.8 Å². The van der Waals surface area contributed by atoms with E-state index in [1.54, 1.807) is 24.3 Å². The summed E-state index contributed by atoms with van der Waals surface area (Å²) >= 11 is 7.15. The number of nitrogens with one attached hydrogen (secondary N) is 1. The van der Waals surface area contributed by atoms with Gasteiger partial charge in [0.2, 0.25) is 5.13 Å². The third-order valence-corrected chi connectivity index (χ3v) is 5.79. The molecule has 0 saturated carbocycles. The summed E-state index contributed by atoms with van der Waals surface area (Å²) in [6.07, 6.45) is 4.46. The molecule has 4 heterocycles. The van der Waals surface area contributed by atoms with Gasteiger partial charge >= 0.3 is 0 Å². The first-order chi connectivity index (χ1) is 16.8. The normalized spacial score (nSPS) is 10.6. The van der Waals surface area contributed by atoms with Gasteiger partial charge in [-0.15, -0.1) is 5.10 Å². The lowest BCUT2D eigenvalue weighted by Gasteiger charge is -2.13. The number of aryl methyl sites for hydroxylation is 1. The van der Waals surface area contributed by atoms with E-state index in [-0.39, 0.29) is 27.9 Å². The third kappa shape index (κ3) is 5.76. The van der Waals surface area contributed by atoms with Crippen LogP contribution in [-0.2, 0) is 6.61 Å². The maximum atomic E-state index is 13.1. The second-order valence-electron chi connectivity index (χ2n) is 7.29. The zero-order valence-corrected chi connectivity index (χ0v) is 20.5. The molecule has 0 saturated heterocycles. The minimum absolute atomic E-state index is 0.0631. The number of rotatable bonds is 8. The van der Waals surface area contributed by atoms with Crippen molar-refractivity contribution in [3.05, 3.63) is 70.5 Å². The molecule has 0 aliphatic rings. The quantitative estimate of drug-likeness (QED) is 0.271. The Morgan fingerprint density at radius 1 is 1.06 bits per heavy atom. The molecule has 12 heteroatoms. The van der Waals surface area contributed by atoms with Gasteiger partial charge < -0.3 is 9.47 Å². The number of ketones is 1. The van der Waals surface area contributed by atoms with Crippen LogP contribution in [0.25, 0.3) is 11.1 Å². The van der Waals surface area contributed by atoms with Crippen molar-refractivity contribution in [2.24, 2.45) is 0 Å². The van der Waals surface area contributed by atoms with E-state index in [4.69, 9.17) is 21.1 Å². The van der Waals surface area contributed by atoms with E-state index in [0.29, 0.717) is 39.4 Å². The summed E-state index contributed by atoms with van der Waals surface area (Å²) in [6.45, 7) is 3.43. The molecule has 0 unspecified atom stereocenters. The predicted molar refractivity (Wildman–Crippen MR) is 130 cm³/mol. The fourth-order valence-corrected chi connectivity index (χ4v) is 3.84. The third-order valence-electron chi connectivity index (χ3n) is 4.83. The van der Waals surface area contributed by atoms with Crippen LogP contribution in [0.2, 0.25) is 5.15 Å². The van der Waals surface area contributed by atoms with Gasteiger partial charge in [0.05, 0.1) is 24.6 Å². The first kappa shape index (κ1) is 24.2. The molecule has 178 valence electrons. The molecule has 4 aromatic rings. The number of hydrogen-bond donors (Lipinski definition) is 1. The number of amides is 1. The number of nitrogens with zero attached hydrogens (tertiary/aromatic N) is 5. The van der Waals surface area contributed by atoms with Crippen molar-refractivity contribution in [1.29, 1.82) is 0 Å². The van der Waals surface area contributed by atoms with Crippen molar-refractivity contribution in [1.82, 2.24) is 25.1 Å². The first-order valence-corrected chi connectivity index (χ1v) is 11.4. The second-order valence-corrected chi connectivity index (χ2v) is 8.62. The van der Waals surface area contributed by atoms with Gasteiger partial charge in [0.1, 0.15) is 17.5 Å². The van der Waals surface area contributed by atoms with Gasteiger partial charge in [-0.1, -0.05) is 16.7 Å². The first-order valence-electron chi connectivity index (χ1n) is 10.2. The summed E-state index contributed by atoms with van der Waals surface area (Å²) in [5.74, 6) is -0.0378. The fraction of sp³-hybridized carbons (Fsp3) is 0.174. The number of carbonyl (C=O) groups is 2. The van der Waals surface area contributed by atoms with E-state index in [2.05, 4.69) is 30.5 Å². The summed E-state index contributed by atoms with van der Waals surface area (Å²) in [4.78, 5) is 36.9. The summed E-state index contributed by atoms with van der Waals surface area (Å²) in [5.41, 5.74) is 3.33. The standard InChI is InChI=1S/C23H19ClN6O4S/c1-12-6-16(17-7-20(24)27-10-19(17)33-3)18(9-25-12)21(32)28-22-29-30-23(35-22)34-11-15-5-4-14(8-26-15)13(2)31/h4-10H,11H2,1-3H3,(H,28,29,32). The number of hydrogen-bond acceptors (Lipinski definition) is 10. The number of Topliss-reactive ketones (excluding diaryl/α,β-unsaturated/α-hetero) is 1. The Hall–Kier alpha value is -3.96. The lowest BCUT2D eigenvalue weighted by atomic mass is 10.0. The Kier molecular flexibility index (Phi) is 7.28. The molecule has 0 radical (unpaired) electrons. The number of aromatic nitrogens is 5. The van der Waals surface area contributed by atoms with Crippen LogP contribution >= 0.6 is 22.9 Å². The molecule has 4 rings (SSSR count). The van der Waals surface area contributed by atoms with Crippen molar-refractivity contribution < 1.29 is 19.1 Å². The Labute approximate surface area is 209 Å². The molecule has 0 aromatic carbocycles. The lowest BCUT2D eigenvalue weighted by Crippen LogP contribution is -2.14. The summed E-state index contributed by atoms with van der Waals surface area (Å²) in [7, 11) is 1.51. The van der Waals surface area contributed by atoms with Gasteiger partial charge in [-0.3, -0.25) is 24.9 Å². The van der Waals surface area contributed by atoms with Crippen molar-refractivity contribution in [3.63, 3.8) is 0 Å². The Morgan fingerprint density at radius 2 is 1.89 bits per heavy atom. The van der Waals surface area contributed by atoms with Crippen molar-refractivity contribution >= 4 is 39.8 Å². The molecule has 1 N–H and O–H groups in total. The van der Waals surface area contributed by atoms with Gasteiger partial charge in [-0.25, -0.2) is 4.98 Å². The van der Waals surface area contributed by atoms with Crippen LogP contribution < -0.4 is 14.8 Å². The van der Waals surface area contributed by atoms with Gasteiger partial charge in [-0.2, -0.15) is 0 Å². The van der Waals surface area contributed by atoms with Crippen molar-refractivity contribution in [2.45, 2.75) is 20.5 Å². The number of pyridine rings is 3. The fourth-order valence-electron chi connectivity index (χ4n) is 3.09. The highest BCUT2D eigenvalue weighted by molar-refractivity contribution is 7.17. The van der Waals surface area contributed by atoms with Crippen molar-refractivity contribution in [3.8, 4) is 22.1 Å². The largest absolute Gasteiger partial charge is 0.494 e. The lowest BCUT2D eigenvalue weighted by molar-refractivity contribution is 0.101. The molecule has 0 aliphatic carbocycles. The molecule has 0 fully saturated rings. The molecule has 0 atom stereocenters. The predicted octanol–water partition coefficient (Wildman–Crippen LogP) is 4.39. The average Bonchev–Trinajstić information content (AvgIpc) is 3.30. The number of methoxy groups -OCH3 is 1. The zero-order valence-electron chi connectivity index (χ0n) is 18.9. The van der Waals surface area contributed by atoms with Crippen LogP contribution in [0.15, 0.2) is 42.9 Å². The van der Waals surface area contributed by atoms with Gasteiger partial charge in [0.25, 0.3) is 11.1 Å². The molecule has 4 aromatic heterocycles. The Morgan fingerprint density at radius 3 is 2.60 bits per heavy atom. The van der Waals surface area contributed by atoms with Crippen LogP contribution in [0.3, 0.4) is 0 Å². The van der Waals surface area contributed by atoms with Crippen LogP contribution in [0, 0.1) is 6.92 Å². The SMILES string of the molecule is COc1cnc(Cl)cc1-c1cc(C)ncc1C(=O)Nc1nnc(OCc2ccc(C(C)=O)cn2)s1. The molecule has 0 spiro atoms. The molecule has 35 heavy (non-hydrogen) atoms. The van der Waals surface area contributed by atoms with Crippen LogP contribution in [-0.4, -0.2) is 43.9 Å². The molecular formula is C23H19ClN6O4S. The highest BCUT2D eigenvalue weighted by atomic mass is 35.5. The highest BCUT2D eigenvalue weighted by Crippen LogP contribution is 2.34. The molecule has 0 bridgehead atoms. The summed E-state index contributed by atoms with van der Waals surface area (Å²) in [5, 5.41) is 11.4. The average molecular weight is 511 g/mol. The summed E-state index contributed by atoms with van der Waals surface area (Å²) < 4.78 is 11.0. The smallest absolute Gasteiger partial charge is 0.296 e. The number of halogens is 1. The van der Waals surface area contributed by atoms with E-state index < -0.39 is 5.91 Å². The van der Waals surface area contributed by atoms with Gasteiger partial charge in [-0.05, 0) is 49.4 Å². The van der Waals surface area contributed by atoms with Crippen LogP contribution in [0.5, 0.6) is 10.9 Å². The van der Waals surface area contributed by atoms with E-state index in [0.717, 1.165) is 11.3 Å². The monoisotopic (exact) mass is 510 g/mol. The maximum absolute atomic E-state index is 13.1. The molecular weight excluding hydrogens is 492 g/mol. The highest BCUT2D eigenvalue weighted by Gasteiger charge is 2.19. The second kappa shape index (κ2) is 10.5. The minimum Gasteiger partial charge on any atom is -0.494 e. The van der Waals surface area contributed by atoms with E-state index in [1.807, 2.05) is 6.92 Å². The Balaban J connectivity index is 1.49. The maximum Gasteiger partial charge on any atom is 0.296 e. The van der Waals surface area contributed by atoms with Crippen LogP contribution in [0.4, 0.5) is 5.13 Å². The number of anilines is 1. The van der Waals surface area contributed by atoms with Gasteiger partial charge in [0.15, 0.2) is 5.78 Å².